The highest BCUT2D eigenvalue weighted by atomic mass is 35.5. The van der Waals surface area contributed by atoms with Crippen LogP contribution in [0.1, 0.15) is 26.7 Å². The van der Waals surface area contributed by atoms with Crippen LogP contribution in [0.15, 0.2) is 18.2 Å². The summed E-state index contributed by atoms with van der Waals surface area (Å²) < 4.78 is 13.5. The number of hydrogen-bond acceptors (Lipinski definition) is 2. The number of rotatable bonds is 6. The van der Waals surface area contributed by atoms with Gasteiger partial charge in [0, 0.05) is 11.4 Å². The lowest BCUT2D eigenvalue weighted by Crippen LogP contribution is -2.23. The molecule has 3 nitrogen and oxygen atoms in total. The van der Waals surface area contributed by atoms with E-state index in [2.05, 4.69) is 19.2 Å². The summed E-state index contributed by atoms with van der Waals surface area (Å²) >= 11 is 5.76. The number of benzene rings is 1. The number of nitrogens with one attached hydrogen (secondary N) is 1. The summed E-state index contributed by atoms with van der Waals surface area (Å²) in [5.41, 5.74) is 5.75. The Morgan fingerprint density at radius 1 is 1.47 bits per heavy atom. The van der Waals surface area contributed by atoms with Crippen molar-refractivity contribution < 1.29 is 9.18 Å². The number of carbonyl (C=O) groups is 1. The molecule has 0 aromatic heterocycles. The van der Waals surface area contributed by atoms with Crippen LogP contribution < -0.4 is 11.1 Å². The third kappa shape index (κ3) is 5.57. The molecule has 0 aliphatic carbocycles. The third-order valence-electron chi connectivity index (χ3n) is 2.81. The van der Waals surface area contributed by atoms with Gasteiger partial charge in [0.1, 0.15) is 5.82 Å². The van der Waals surface area contributed by atoms with Crippen molar-refractivity contribution in [3.8, 4) is 0 Å². The zero-order valence-corrected chi connectivity index (χ0v) is 12.0. The predicted molar refractivity (Wildman–Crippen MR) is 76.7 cm³/mol. The molecule has 1 atom stereocenters. The van der Waals surface area contributed by atoms with E-state index in [1.54, 1.807) is 0 Å². The van der Waals surface area contributed by atoms with E-state index in [0.717, 1.165) is 6.42 Å². The van der Waals surface area contributed by atoms with Crippen LogP contribution in [-0.4, -0.2) is 12.5 Å². The van der Waals surface area contributed by atoms with Gasteiger partial charge in [0.2, 0.25) is 5.91 Å². The Balaban J connectivity index is 2.61. The lowest BCUT2D eigenvalue weighted by Gasteiger charge is -2.16. The zero-order valence-electron chi connectivity index (χ0n) is 11.2. The van der Waals surface area contributed by atoms with Crippen molar-refractivity contribution in [3.05, 3.63) is 29.0 Å². The molecule has 0 saturated heterocycles. The average Bonchev–Trinajstić information content (AvgIpc) is 2.32. The molecular formula is C14H20ClFN2O. The summed E-state index contributed by atoms with van der Waals surface area (Å²) in [6.07, 6.45) is 1.17. The summed E-state index contributed by atoms with van der Waals surface area (Å²) in [6.45, 7) is 4.61. The SMILES string of the molecule is CC(C)C[C@H](CN)CC(=O)Nc1cc(Cl)ccc1F. The number of anilines is 1. The first-order valence-electron chi connectivity index (χ1n) is 6.37. The largest absolute Gasteiger partial charge is 0.330 e. The van der Waals surface area contributed by atoms with Crippen LogP contribution in [0.3, 0.4) is 0 Å². The Labute approximate surface area is 118 Å². The number of hydrogen-bond donors (Lipinski definition) is 2. The molecule has 1 aromatic rings. The van der Waals surface area contributed by atoms with Gasteiger partial charge in [-0.3, -0.25) is 4.79 Å². The van der Waals surface area contributed by atoms with E-state index < -0.39 is 5.82 Å². The van der Waals surface area contributed by atoms with E-state index in [-0.39, 0.29) is 17.5 Å². The van der Waals surface area contributed by atoms with Crippen LogP contribution in [0, 0.1) is 17.7 Å². The van der Waals surface area contributed by atoms with Crippen molar-refractivity contribution in [2.75, 3.05) is 11.9 Å². The molecule has 1 amide bonds. The van der Waals surface area contributed by atoms with Crippen LogP contribution in [-0.2, 0) is 4.79 Å². The molecule has 5 heteroatoms. The van der Waals surface area contributed by atoms with Crippen LogP contribution in [0.4, 0.5) is 10.1 Å². The van der Waals surface area contributed by atoms with Gasteiger partial charge >= 0.3 is 0 Å². The second kappa shape index (κ2) is 7.46. The van der Waals surface area contributed by atoms with E-state index in [9.17, 15) is 9.18 Å². The average molecular weight is 287 g/mol. The first-order valence-corrected chi connectivity index (χ1v) is 6.75. The van der Waals surface area contributed by atoms with Crippen molar-refractivity contribution >= 4 is 23.2 Å². The number of amides is 1. The number of nitrogens with two attached hydrogens (primary N) is 1. The summed E-state index contributed by atoms with van der Waals surface area (Å²) in [5, 5.41) is 2.92. The van der Waals surface area contributed by atoms with Gasteiger partial charge in [-0.15, -0.1) is 0 Å². The highest BCUT2D eigenvalue weighted by Gasteiger charge is 2.15. The Morgan fingerprint density at radius 2 is 2.16 bits per heavy atom. The Morgan fingerprint density at radius 3 is 2.74 bits per heavy atom. The molecule has 3 N–H and O–H groups in total. The summed E-state index contributed by atoms with van der Waals surface area (Å²) in [5.74, 6) is -0.144. The van der Waals surface area contributed by atoms with Gasteiger partial charge in [0.15, 0.2) is 0 Å². The molecule has 0 heterocycles. The van der Waals surface area contributed by atoms with Gasteiger partial charge in [0.25, 0.3) is 0 Å². The molecule has 0 radical (unpaired) electrons. The maximum atomic E-state index is 13.5. The molecule has 0 saturated carbocycles. The number of carbonyl (C=O) groups excluding carboxylic acids is 1. The zero-order chi connectivity index (χ0) is 14.4. The van der Waals surface area contributed by atoms with Gasteiger partial charge in [-0.1, -0.05) is 25.4 Å². The second-order valence-electron chi connectivity index (χ2n) is 5.11. The minimum atomic E-state index is -0.495. The number of halogens is 2. The molecule has 106 valence electrons. The van der Waals surface area contributed by atoms with Crippen LogP contribution in [0.25, 0.3) is 0 Å². The molecule has 1 aromatic carbocycles. The third-order valence-corrected chi connectivity index (χ3v) is 3.05. The smallest absolute Gasteiger partial charge is 0.224 e. The predicted octanol–water partition coefficient (Wildman–Crippen LogP) is 3.43. The molecule has 0 spiro atoms. The minimum Gasteiger partial charge on any atom is -0.330 e. The molecule has 0 bridgehead atoms. The summed E-state index contributed by atoms with van der Waals surface area (Å²) in [7, 11) is 0. The first kappa shape index (κ1) is 15.9. The van der Waals surface area contributed by atoms with Crippen LogP contribution in [0.5, 0.6) is 0 Å². The van der Waals surface area contributed by atoms with Crippen LogP contribution >= 0.6 is 11.6 Å². The maximum absolute atomic E-state index is 13.5. The second-order valence-corrected chi connectivity index (χ2v) is 5.54. The van der Waals surface area contributed by atoms with Crippen molar-refractivity contribution in [1.29, 1.82) is 0 Å². The quantitative estimate of drug-likeness (QED) is 0.842. The van der Waals surface area contributed by atoms with Crippen molar-refractivity contribution in [1.82, 2.24) is 0 Å². The van der Waals surface area contributed by atoms with Crippen molar-refractivity contribution in [2.45, 2.75) is 26.7 Å². The topological polar surface area (TPSA) is 55.1 Å². The lowest BCUT2D eigenvalue weighted by atomic mass is 9.94. The van der Waals surface area contributed by atoms with Crippen molar-refractivity contribution in [3.63, 3.8) is 0 Å². The highest BCUT2D eigenvalue weighted by Crippen LogP contribution is 2.21. The van der Waals surface area contributed by atoms with Crippen LogP contribution in [0.2, 0.25) is 5.02 Å². The van der Waals surface area contributed by atoms with Gasteiger partial charge < -0.3 is 11.1 Å². The van der Waals surface area contributed by atoms with E-state index in [4.69, 9.17) is 17.3 Å². The molecule has 0 aliphatic rings. The molecular weight excluding hydrogens is 267 g/mol. The highest BCUT2D eigenvalue weighted by molar-refractivity contribution is 6.30. The minimum absolute atomic E-state index is 0.109. The van der Waals surface area contributed by atoms with E-state index in [1.807, 2.05) is 0 Å². The molecule has 0 unspecified atom stereocenters. The van der Waals surface area contributed by atoms with Crippen molar-refractivity contribution in [2.24, 2.45) is 17.6 Å². The Bertz CT molecular complexity index is 437. The van der Waals surface area contributed by atoms with E-state index in [1.165, 1.54) is 18.2 Å². The normalized spacial score (nSPS) is 12.5. The fourth-order valence-corrected chi connectivity index (χ4v) is 2.16. The molecule has 0 aliphatic heterocycles. The standard InChI is InChI=1S/C14H20ClFN2O/c1-9(2)5-10(8-17)6-14(19)18-13-7-11(15)3-4-12(13)16/h3-4,7,9-10H,5-6,8,17H2,1-2H3,(H,18,19)/t10-/m0/s1. The molecule has 0 fully saturated rings. The fraction of sp³-hybridized carbons (Fsp3) is 0.500. The molecule has 19 heavy (non-hydrogen) atoms. The van der Waals surface area contributed by atoms with Gasteiger partial charge in [0.05, 0.1) is 5.69 Å². The lowest BCUT2D eigenvalue weighted by molar-refractivity contribution is -0.117. The van der Waals surface area contributed by atoms with E-state index in [0.29, 0.717) is 23.9 Å². The maximum Gasteiger partial charge on any atom is 0.224 e. The van der Waals surface area contributed by atoms with Gasteiger partial charge in [-0.2, -0.15) is 0 Å². The first-order chi connectivity index (χ1) is 8.92. The Kier molecular flexibility index (Phi) is 6.25. The van der Waals surface area contributed by atoms with Gasteiger partial charge in [-0.25, -0.2) is 4.39 Å². The monoisotopic (exact) mass is 286 g/mol. The Hall–Kier alpha value is -1.13. The fourth-order valence-electron chi connectivity index (χ4n) is 1.99. The van der Waals surface area contributed by atoms with E-state index >= 15 is 0 Å². The molecule has 1 rings (SSSR count). The summed E-state index contributed by atoms with van der Waals surface area (Å²) in [4.78, 5) is 11.9. The van der Waals surface area contributed by atoms with Gasteiger partial charge in [-0.05, 0) is 43.0 Å². The summed E-state index contributed by atoms with van der Waals surface area (Å²) in [6, 6.07) is 4.06.